The van der Waals surface area contributed by atoms with Gasteiger partial charge < -0.3 is 4.90 Å². The molecule has 1 aromatic carbocycles. The zero-order chi connectivity index (χ0) is 12.4. The highest BCUT2D eigenvalue weighted by Gasteiger charge is 2.27. The number of fused-ring (bicyclic) bond motifs is 1. The van der Waals surface area contributed by atoms with Crippen molar-refractivity contribution in [1.82, 2.24) is 4.90 Å². The Morgan fingerprint density at radius 2 is 2.22 bits per heavy atom. The maximum atomic E-state index is 3.56. The van der Waals surface area contributed by atoms with Crippen molar-refractivity contribution in [3.63, 3.8) is 0 Å². The van der Waals surface area contributed by atoms with E-state index in [0.717, 1.165) is 16.5 Å². The molecule has 0 N–H and O–H groups in total. The molecule has 0 radical (unpaired) electrons. The van der Waals surface area contributed by atoms with Gasteiger partial charge in [-0.25, -0.2) is 0 Å². The van der Waals surface area contributed by atoms with Crippen LogP contribution in [-0.2, 0) is 6.42 Å². The van der Waals surface area contributed by atoms with Crippen molar-refractivity contribution >= 4 is 27.7 Å². The van der Waals surface area contributed by atoms with Crippen molar-refractivity contribution in [2.45, 2.75) is 29.4 Å². The molecule has 1 saturated heterocycles. The van der Waals surface area contributed by atoms with E-state index in [1.807, 2.05) is 0 Å². The van der Waals surface area contributed by atoms with E-state index in [9.17, 15) is 0 Å². The van der Waals surface area contributed by atoms with Crippen LogP contribution in [0.2, 0.25) is 0 Å². The number of likely N-dealkylation sites (tertiary alicyclic amines) is 1. The first-order chi connectivity index (χ1) is 8.85. The first-order valence-corrected chi connectivity index (χ1v) is 8.88. The first kappa shape index (κ1) is 13.0. The zero-order valence-corrected chi connectivity index (χ0v) is 13.0. The van der Waals surface area contributed by atoms with E-state index in [1.54, 1.807) is 5.56 Å². The number of benzene rings is 1. The van der Waals surface area contributed by atoms with Crippen molar-refractivity contribution < 1.29 is 0 Å². The van der Waals surface area contributed by atoms with Gasteiger partial charge in [0.1, 0.15) is 0 Å². The molecule has 0 spiro atoms. The Bertz CT molecular complexity index is 384. The second kappa shape index (κ2) is 5.98. The molecular formula is C15H20BrNS. The first-order valence-electron chi connectivity index (χ1n) is 6.88. The summed E-state index contributed by atoms with van der Waals surface area (Å²) in [4.78, 5) is 4.19. The Balaban J connectivity index is 1.51. The summed E-state index contributed by atoms with van der Waals surface area (Å²) in [5, 5.41) is 1.94. The second-order valence-corrected chi connectivity index (χ2v) is 7.58. The molecule has 2 heterocycles. The van der Waals surface area contributed by atoms with Crippen molar-refractivity contribution in [2.24, 2.45) is 5.92 Å². The summed E-state index contributed by atoms with van der Waals surface area (Å²) in [6.45, 7) is 3.90. The highest BCUT2D eigenvalue weighted by atomic mass is 79.9. The van der Waals surface area contributed by atoms with E-state index in [2.05, 4.69) is 56.9 Å². The van der Waals surface area contributed by atoms with Gasteiger partial charge in [-0.15, -0.1) is 11.8 Å². The van der Waals surface area contributed by atoms with Gasteiger partial charge >= 0.3 is 0 Å². The summed E-state index contributed by atoms with van der Waals surface area (Å²) in [5.41, 5.74) is 1.56. The molecule has 1 nitrogen and oxygen atoms in total. The molecule has 0 bridgehead atoms. The van der Waals surface area contributed by atoms with Crippen LogP contribution in [0.15, 0.2) is 29.2 Å². The van der Waals surface area contributed by atoms with Crippen LogP contribution >= 0.6 is 27.7 Å². The third kappa shape index (κ3) is 2.94. The number of halogens is 1. The molecule has 0 amide bonds. The lowest BCUT2D eigenvalue weighted by molar-refractivity contribution is 0.324. The van der Waals surface area contributed by atoms with Crippen LogP contribution in [0, 0.1) is 5.92 Å². The fourth-order valence-electron chi connectivity index (χ4n) is 3.11. The van der Waals surface area contributed by atoms with Gasteiger partial charge in [-0.05, 0) is 43.4 Å². The van der Waals surface area contributed by atoms with Gasteiger partial charge in [-0.1, -0.05) is 34.1 Å². The Morgan fingerprint density at radius 1 is 1.33 bits per heavy atom. The highest BCUT2D eigenvalue weighted by molar-refractivity contribution is 9.09. The highest BCUT2D eigenvalue weighted by Crippen LogP contribution is 2.37. The van der Waals surface area contributed by atoms with E-state index in [0.29, 0.717) is 0 Å². The quantitative estimate of drug-likeness (QED) is 0.774. The minimum atomic E-state index is 0.783. The molecule has 1 fully saturated rings. The van der Waals surface area contributed by atoms with Crippen LogP contribution in [-0.4, -0.2) is 35.1 Å². The van der Waals surface area contributed by atoms with Crippen LogP contribution in [0.1, 0.15) is 18.4 Å². The zero-order valence-electron chi connectivity index (χ0n) is 10.6. The Labute approximate surface area is 122 Å². The molecular weight excluding hydrogens is 306 g/mol. The molecule has 3 heteroatoms. The van der Waals surface area contributed by atoms with Crippen LogP contribution in [0.5, 0.6) is 0 Å². The monoisotopic (exact) mass is 325 g/mol. The minimum Gasteiger partial charge on any atom is -0.302 e. The van der Waals surface area contributed by atoms with Crippen LogP contribution in [0.3, 0.4) is 0 Å². The van der Waals surface area contributed by atoms with Gasteiger partial charge in [0.15, 0.2) is 0 Å². The number of nitrogens with zero attached hydrogens (tertiary/aromatic N) is 1. The molecule has 2 atom stereocenters. The van der Waals surface area contributed by atoms with Crippen molar-refractivity contribution in [3.8, 4) is 0 Å². The average molecular weight is 326 g/mol. The lowest BCUT2D eigenvalue weighted by Gasteiger charge is -2.19. The van der Waals surface area contributed by atoms with Crippen LogP contribution in [0.25, 0.3) is 0 Å². The number of alkyl halides is 1. The number of rotatable bonds is 4. The fraction of sp³-hybridized carbons (Fsp3) is 0.600. The summed E-state index contributed by atoms with van der Waals surface area (Å²) in [5.74, 6) is 0.929. The summed E-state index contributed by atoms with van der Waals surface area (Å²) in [6.07, 6.45) is 4.00. The predicted molar refractivity (Wildman–Crippen MR) is 82.7 cm³/mol. The lowest BCUT2D eigenvalue weighted by Crippen LogP contribution is -2.29. The Hall–Kier alpha value is 0.01000. The maximum absolute atomic E-state index is 3.56. The fourth-order valence-corrected chi connectivity index (χ4v) is 5.13. The standard InChI is InChI=1S/C15H20BrNS/c16-7-5-12-6-8-17(10-12)11-14-9-13-3-1-2-4-15(13)18-14/h1-4,12,14H,5-11H2. The molecule has 2 aliphatic rings. The Morgan fingerprint density at radius 3 is 3.06 bits per heavy atom. The molecule has 18 heavy (non-hydrogen) atoms. The van der Waals surface area contributed by atoms with Crippen molar-refractivity contribution in [1.29, 1.82) is 0 Å². The molecule has 1 aromatic rings. The number of thioether (sulfide) groups is 1. The van der Waals surface area contributed by atoms with Crippen LogP contribution in [0.4, 0.5) is 0 Å². The van der Waals surface area contributed by atoms with Gasteiger partial charge in [-0.3, -0.25) is 0 Å². The second-order valence-electron chi connectivity index (χ2n) is 5.44. The maximum Gasteiger partial charge on any atom is 0.0263 e. The molecule has 0 saturated carbocycles. The summed E-state index contributed by atoms with van der Waals surface area (Å²) in [7, 11) is 0. The van der Waals surface area contributed by atoms with E-state index in [4.69, 9.17) is 0 Å². The summed E-state index contributed by atoms with van der Waals surface area (Å²) in [6, 6.07) is 8.90. The topological polar surface area (TPSA) is 3.24 Å². The van der Waals surface area contributed by atoms with Gasteiger partial charge in [-0.2, -0.15) is 0 Å². The molecule has 98 valence electrons. The van der Waals surface area contributed by atoms with Gasteiger partial charge in [0.25, 0.3) is 0 Å². The molecule has 2 unspecified atom stereocenters. The molecule has 0 aliphatic carbocycles. The van der Waals surface area contributed by atoms with E-state index in [1.165, 1.54) is 43.8 Å². The SMILES string of the molecule is BrCCC1CCN(CC2Cc3ccccc3S2)C1. The minimum absolute atomic E-state index is 0.783. The van der Waals surface area contributed by atoms with Crippen molar-refractivity contribution in [3.05, 3.63) is 29.8 Å². The average Bonchev–Trinajstić information content (AvgIpc) is 2.96. The van der Waals surface area contributed by atoms with Gasteiger partial charge in [0.2, 0.25) is 0 Å². The predicted octanol–water partition coefficient (Wildman–Crippen LogP) is 3.81. The van der Waals surface area contributed by atoms with Gasteiger partial charge in [0, 0.05) is 28.6 Å². The summed E-state index contributed by atoms with van der Waals surface area (Å²) >= 11 is 5.65. The number of hydrogen-bond acceptors (Lipinski definition) is 2. The lowest BCUT2D eigenvalue weighted by atomic mass is 10.1. The van der Waals surface area contributed by atoms with E-state index in [-0.39, 0.29) is 0 Å². The molecule has 3 rings (SSSR count). The van der Waals surface area contributed by atoms with Gasteiger partial charge in [0.05, 0.1) is 0 Å². The van der Waals surface area contributed by atoms with Crippen molar-refractivity contribution in [2.75, 3.05) is 25.0 Å². The molecule has 2 aliphatic heterocycles. The smallest absolute Gasteiger partial charge is 0.0263 e. The van der Waals surface area contributed by atoms with E-state index >= 15 is 0 Å². The number of hydrogen-bond donors (Lipinski definition) is 0. The molecule has 0 aromatic heterocycles. The normalized spacial score (nSPS) is 27.6. The third-order valence-electron chi connectivity index (χ3n) is 4.06. The largest absolute Gasteiger partial charge is 0.302 e. The Kier molecular flexibility index (Phi) is 4.32. The summed E-state index contributed by atoms with van der Waals surface area (Å²) < 4.78 is 0. The van der Waals surface area contributed by atoms with Crippen LogP contribution < -0.4 is 0 Å². The van der Waals surface area contributed by atoms with E-state index < -0.39 is 0 Å². The third-order valence-corrected chi connectivity index (χ3v) is 5.82.